The van der Waals surface area contributed by atoms with Crippen molar-refractivity contribution >= 4 is 0 Å². The van der Waals surface area contributed by atoms with Crippen LogP contribution in [0.5, 0.6) is 0 Å². The van der Waals surface area contributed by atoms with Crippen LogP contribution in [0.3, 0.4) is 0 Å². The van der Waals surface area contributed by atoms with Gasteiger partial charge in [0.2, 0.25) is 0 Å². The summed E-state index contributed by atoms with van der Waals surface area (Å²) in [5, 5.41) is 0. The SMILES string of the molecule is C[C@H]1COCCN1[C@@H]1CCN(Cc2ccccc2)C1. The highest BCUT2D eigenvalue weighted by Crippen LogP contribution is 2.21. The van der Waals surface area contributed by atoms with E-state index in [0.717, 1.165) is 32.3 Å². The van der Waals surface area contributed by atoms with E-state index >= 15 is 0 Å². The summed E-state index contributed by atoms with van der Waals surface area (Å²) in [6.07, 6.45) is 1.30. The summed E-state index contributed by atoms with van der Waals surface area (Å²) in [5.41, 5.74) is 1.43. The topological polar surface area (TPSA) is 15.7 Å². The van der Waals surface area contributed by atoms with Gasteiger partial charge in [-0.1, -0.05) is 30.3 Å². The van der Waals surface area contributed by atoms with Gasteiger partial charge in [-0.2, -0.15) is 0 Å². The third kappa shape index (κ3) is 3.16. The maximum absolute atomic E-state index is 5.54. The summed E-state index contributed by atoms with van der Waals surface area (Å²) < 4.78 is 5.54. The average Bonchev–Trinajstić information content (AvgIpc) is 2.89. The number of nitrogens with zero attached hydrogens (tertiary/aromatic N) is 2. The maximum atomic E-state index is 5.54. The minimum Gasteiger partial charge on any atom is -0.379 e. The van der Waals surface area contributed by atoms with E-state index in [0.29, 0.717) is 6.04 Å². The molecule has 0 radical (unpaired) electrons. The Morgan fingerprint density at radius 3 is 2.84 bits per heavy atom. The van der Waals surface area contributed by atoms with Gasteiger partial charge >= 0.3 is 0 Å². The summed E-state index contributed by atoms with van der Waals surface area (Å²) in [4.78, 5) is 5.23. The molecule has 2 heterocycles. The third-order valence-corrected chi connectivity index (χ3v) is 4.38. The van der Waals surface area contributed by atoms with Crippen molar-refractivity contribution in [2.45, 2.75) is 32.0 Å². The van der Waals surface area contributed by atoms with Gasteiger partial charge in [0.15, 0.2) is 0 Å². The molecule has 1 aromatic rings. The van der Waals surface area contributed by atoms with Crippen LogP contribution in [-0.4, -0.2) is 54.7 Å². The van der Waals surface area contributed by atoms with Crippen LogP contribution in [0.25, 0.3) is 0 Å². The summed E-state index contributed by atoms with van der Waals surface area (Å²) >= 11 is 0. The molecular formula is C16H24N2O. The standard InChI is InChI=1S/C16H24N2O/c1-14-13-19-10-9-18(14)16-7-8-17(12-16)11-15-5-3-2-4-6-15/h2-6,14,16H,7-13H2,1H3/t14-,16+/m0/s1. The quantitative estimate of drug-likeness (QED) is 0.826. The first-order valence-electron chi connectivity index (χ1n) is 7.42. The van der Waals surface area contributed by atoms with E-state index in [1.54, 1.807) is 0 Å². The van der Waals surface area contributed by atoms with Crippen LogP contribution in [0.2, 0.25) is 0 Å². The second kappa shape index (κ2) is 6.04. The van der Waals surface area contributed by atoms with E-state index in [1.165, 1.54) is 25.1 Å². The molecule has 0 spiro atoms. The molecule has 19 heavy (non-hydrogen) atoms. The van der Waals surface area contributed by atoms with Crippen molar-refractivity contribution in [3.05, 3.63) is 35.9 Å². The van der Waals surface area contributed by atoms with E-state index in [1.807, 2.05) is 0 Å². The molecular weight excluding hydrogens is 236 g/mol. The fourth-order valence-corrected chi connectivity index (χ4v) is 3.35. The summed E-state index contributed by atoms with van der Waals surface area (Å²) in [6, 6.07) is 12.1. The van der Waals surface area contributed by atoms with Gasteiger partial charge in [0, 0.05) is 38.3 Å². The first-order chi connectivity index (χ1) is 9.33. The molecule has 0 aromatic heterocycles. The number of likely N-dealkylation sites (tertiary alicyclic amines) is 1. The summed E-state index contributed by atoms with van der Waals surface area (Å²) in [6.45, 7) is 8.72. The lowest BCUT2D eigenvalue weighted by molar-refractivity contribution is -0.0200. The minimum absolute atomic E-state index is 0.579. The molecule has 0 saturated carbocycles. The normalized spacial score (nSPS) is 29.7. The lowest BCUT2D eigenvalue weighted by Gasteiger charge is -2.37. The smallest absolute Gasteiger partial charge is 0.0619 e. The highest BCUT2D eigenvalue weighted by molar-refractivity contribution is 5.14. The van der Waals surface area contributed by atoms with E-state index in [4.69, 9.17) is 4.74 Å². The van der Waals surface area contributed by atoms with Crippen molar-refractivity contribution in [2.24, 2.45) is 0 Å². The second-order valence-electron chi connectivity index (χ2n) is 5.82. The van der Waals surface area contributed by atoms with Crippen LogP contribution in [0, 0.1) is 0 Å². The number of hydrogen-bond donors (Lipinski definition) is 0. The molecule has 1 aromatic carbocycles. The van der Waals surface area contributed by atoms with Gasteiger partial charge in [0.25, 0.3) is 0 Å². The van der Waals surface area contributed by atoms with E-state index in [2.05, 4.69) is 47.1 Å². The Morgan fingerprint density at radius 2 is 2.05 bits per heavy atom. The maximum Gasteiger partial charge on any atom is 0.0619 e. The number of morpholine rings is 1. The van der Waals surface area contributed by atoms with Gasteiger partial charge in [0.05, 0.1) is 13.2 Å². The van der Waals surface area contributed by atoms with Gasteiger partial charge in [-0.15, -0.1) is 0 Å². The monoisotopic (exact) mass is 260 g/mol. The Morgan fingerprint density at radius 1 is 1.21 bits per heavy atom. The Hall–Kier alpha value is -0.900. The van der Waals surface area contributed by atoms with Gasteiger partial charge < -0.3 is 4.74 Å². The molecule has 104 valence electrons. The van der Waals surface area contributed by atoms with Crippen LogP contribution >= 0.6 is 0 Å². The fraction of sp³-hybridized carbons (Fsp3) is 0.625. The predicted octanol–water partition coefficient (Wildman–Crippen LogP) is 1.98. The van der Waals surface area contributed by atoms with Crippen LogP contribution in [-0.2, 0) is 11.3 Å². The van der Waals surface area contributed by atoms with Crippen molar-refractivity contribution in [2.75, 3.05) is 32.8 Å². The zero-order valence-corrected chi connectivity index (χ0v) is 11.8. The molecule has 2 saturated heterocycles. The molecule has 0 bridgehead atoms. The minimum atomic E-state index is 0.579. The Labute approximate surface area is 116 Å². The van der Waals surface area contributed by atoms with Gasteiger partial charge in [-0.3, -0.25) is 9.80 Å². The molecule has 3 heteroatoms. The van der Waals surface area contributed by atoms with Crippen LogP contribution in [0.15, 0.2) is 30.3 Å². The number of hydrogen-bond acceptors (Lipinski definition) is 3. The van der Waals surface area contributed by atoms with Crippen LogP contribution < -0.4 is 0 Å². The van der Waals surface area contributed by atoms with E-state index in [9.17, 15) is 0 Å². The van der Waals surface area contributed by atoms with E-state index in [-0.39, 0.29) is 0 Å². The molecule has 0 N–H and O–H groups in total. The number of benzene rings is 1. The molecule has 0 aliphatic carbocycles. The molecule has 0 amide bonds. The summed E-state index contributed by atoms with van der Waals surface area (Å²) in [7, 11) is 0. The zero-order valence-electron chi connectivity index (χ0n) is 11.8. The molecule has 0 unspecified atom stereocenters. The van der Waals surface area contributed by atoms with Gasteiger partial charge in [0.1, 0.15) is 0 Å². The van der Waals surface area contributed by atoms with Crippen molar-refractivity contribution in [3.63, 3.8) is 0 Å². The third-order valence-electron chi connectivity index (χ3n) is 4.38. The lowest BCUT2D eigenvalue weighted by atomic mass is 10.1. The van der Waals surface area contributed by atoms with Crippen molar-refractivity contribution < 1.29 is 4.74 Å². The van der Waals surface area contributed by atoms with E-state index < -0.39 is 0 Å². The average molecular weight is 260 g/mol. The lowest BCUT2D eigenvalue weighted by Crippen LogP contribution is -2.50. The Balaban J connectivity index is 1.55. The Kier molecular flexibility index (Phi) is 4.16. The highest BCUT2D eigenvalue weighted by atomic mass is 16.5. The first-order valence-corrected chi connectivity index (χ1v) is 7.42. The van der Waals surface area contributed by atoms with Crippen LogP contribution in [0.4, 0.5) is 0 Å². The second-order valence-corrected chi connectivity index (χ2v) is 5.82. The van der Waals surface area contributed by atoms with Crippen molar-refractivity contribution in [3.8, 4) is 0 Å². The summed E-state index contributed by atoms with van der Waals surface area (Å²) in [5.74, 6) is 0. The fourth-order valence-electron chi connectivity index (χ4n) is 3.35. The molecule has 2 fully saturated rings. The molecule has 3 rings (SSSR count). The largest absolute Gasteiger partial charge is 0.379 e. The number of ether oxygens (including phenoxy) is 1. The molecule has 2 atom stereocenters. The molecule has 3 nitrogen and oxygen atoms in total. The predicted molar refractivity (Wildman–Crippen MR) is 77.1 cm³/mol. The van der Waals surface area contributed by atoms with Gasteiger partial charge in [-0.05, 0) is 18.9 Å². The first kappa shape index (κ1) is 13.1. The molecule has 2 aliphatic rings. The van der Waals surface area contributed by atoms with Crippen LogP contribution in [0.1, 0.15) is 18.9 Å². The van der Waals surface area contributed by atoms with Crippen molar-refractivity contribution in [1.29, 1.82) is 0 Å². The zero-order chi connectivity index (χ0) is 13.1. The molecule has 2 aliphatic heterocycles. The van der Waals surface area contributed by atoms with Gasteiger partial charge in [-0.25, -0.2) is 0 Å². The van der Waals surface area contributed by atoms with Crippen molar-refractivity contribution in [1.82, 2.24) is 9.80 Å². The highest BCUT2D eigenvalue weighted by Gasteiger charge is 2.31. The Bertz CT molecular complexity index is 395. The number of rotatable bonds is 3.